The van der Waals surface area contributed by atoms with Crippen LogP contribution in [-0.4, -0.2) is 50.8 Å². The molecule has 4 atom stereocenters. The van der Waals surface area contributed by atoms with Gasteiger partial charge in [-0.05, 0) is 67.0 Å². The predicted molar refractivity (Wildman–Crippen MR) is 150 cm³/mol. The van der Waals surface area contributed by atoms with Crippen molar-refractivity contribution in [2.45, 2.75) is 56.7 Å². The van der Waals surface area contributed by atoms with Gasteiger partial charge >= 0.3 is 0 Å². The minimum Gasteiger partial charge on any atom is -0.350 e. The predicted octanol–water partition coefficient (Wildman–Crippen LogP) is 6.13. The minimum atomic E-state index is -2.62. The van der Waals surface area contributed by atoms with Gasteiger partial charge in [-0.25, -0.2) is 27.1 Å². The number of fused-ring (bicyclic) bond motifs is 2. The first-order valence-electron chi connectivity index (χ1n) is 14.5. The Hall–Kier alpha value is -4.28. The normalized spacial score (nSPS) is 23.0. The van der Waals surface area contributed by atoms with Crippen LogP contribution in [0.15, 0.2) is 54.6 Å². The molecule has 1 N–H and O–H groups in total. The van der Waals surface area contributed by atoms with Gasteiger partial charge in [0.05, 0.1) is 24.8 Å². The Morgan fingerprint density at radius 2 is 1.84 bits per heavy atom. The Morgan fingerprint density at radius 1 is 1.07 bits per heavy atom. The number of halogens is 4. The highest BCUT2D eigenvalue weighted by Gasteiger charge is 2.44. The topological polar surface area (TPSA) is 79.6 Å². The minimum absolute atomic E-state index is 0.0690. The van der Waals surface area contributed by atoms with Crippen LogP contribution in [0.25, 0.3) is 16.9 Å². The zero-order valence-corrected chi connectivity index (χ0v) is 23.3. The second kappa shape index (κ2) is 10.5. The number of carbonyl (C=O) groups is 2. The van der Waals surface area contributed by atoms with E-state index in [4.69, 9.17) is 0 Å². The van der Waals surface area contributed by atoms with Crippen LogP contribution in [0.5, 0.6) is 0 Å². The highest BCUT2D eigenvalue weighted by Crippen LogP contribution is 2.48. The van der Waals surface area contributed by atoms with Crippen LogP contribution in [0, 0.1) is 11.7 Å². The average Bonchev–Trinajstić information content (AvgIpc) is 3.93. The Kier molecular flexibility index (Phi) is 6.70. The summed E-state index contributed by atoms with van der Waals surface area (Å²) in [4.78, 5) is 32.0. The van der Waals surface area contributed by atoms with Crippen LogP contribution in [0.2, 0.25) is 0 Å². The maximum atomic E-state index is 15.4. The summed E-state index contributed by atoms with van der Waals surface area (Å²) in [6.07, 6.45) is -1.59. The zero-order chi connectivity index (χ0) is 30.0. The molecule has 2 aromatic heterocycles. The molecular formula is C32H29F4N5O2. The third kappa shape index (κ3) is 5.04. The van der Waals surface area contributed by atoms with Crippen LogP contribution in [-0.2, 0) is 4.79 Å². The molecule has 7 rings (SSSR count). The number of amides is 2. The van der Waals surface area contributed by atoms with Crippen LogP contribution < -0.4 is 5.32 Å². The van der Waals surface area contributed by atoms with Crippen LogP contribution in [0.4, 0.5) is 17.6 Å². The largest absolute Gasteiger partial charge is 0.350 e. The lowest BCUT2D eigenvalue weighted by molar-refractivity contribution is -0.123. The molecule has 7 nitrogen and oxygen atoms in total. The Balaban J connectivity index is 1.16. The first-order chi connectivity index (χ1) is 20.7. The number of nitrogens with one attached hydrogen (secondary N) is 1. The summed E-state index contributed by atoms with van der Waals surface area (Å²) in [5.74, 6) is -1.85. The van der Waals surface area contributed by atoms with Crippen molar-refractivity contribution >= 4 is 17.5 Å². The summed E-state index contributed by atoms with van der Waals surface area (Å²) in [5, 5.41) is 6.87. The van der Waals surface area contributed by atoms with E-state index in [2.05, 4.69) is 15.4 Å². The number of hydrogen-bond acceptors (Lipinski definition) is 4. The first-order valence-corrected chi connectivity index (χ1v) is 14.5. The van der Waals surface area contributed by atoms with Crippen molar-refractivity contribution in [1.29, 1.82) is 0 Å². The van der Waals surface area contributed by atoms with E-state index in [0.29, 0.717) is 28.9 Å². The van der Waals surface area contributed by atoms with Gasteiger partial charge in [0.25, 0.3) is 12.3 Å². The molecule has 2 fully saturated rings. The molecule has 4 aromatic rings. The van der Waals surface area contributed by atoms with E-state index in [0.717, 1.165) is 24.1 Å². The fourth-order valence-corrected chi connectivity index (χ4v) is 6.22. The van der Waals surface area contributed by atoms with Crippen LogP contribution in [0.1, 0.15) is 83.1 Å². The number of benzene rings is 2. The number of nitrogens with zero attached hydrogens (tertiary/aromatic N) is 4. The maximum absolute atomic E-state index is 15.4. The molecule has 0 saturated heterocycles. The number of hydrogen-bond donors (Lipinski definition) is 1. The zero-order valence-electron chi connectivity index (χ0n) is 23.3. The molecule has 2 amide bonds. The third-order valence-corrected chi connectivity index (χ3v) is 8.79. The van der Waals surface area contributed by atoms with Crippen LogP contribution >= 0.6 is 0 Å². The second-order valence-electron chi connectivity index (χ2n) is 11.7. The van der Waals surface area contributed by atoms with E-state index in [9.17, 15) is 18.4 Å². The number of aromatic nitrogens is 3. The lowest BCUT2D eigenvalue weighted by Gasteiger charge is -2.36. The maximum Gasteiger partial charge on any atom is 0.273 e. The monoisotopic (exact) mass is 591 g/mol. The fraction of sp³-hybridized carbons (Fsp3) is 0.375. The van der Waals surface area contributed by atoms with E-state index in [-0.39, 0.29) is 41.6 Å². The van der Waals surface area contributed by atoms with Gasteiger partial charge in [-0.1, -0.05) is 30.3 Å². The Labute approximate surface area is 244 Å². The Morgan fingerprint density at radius 3 is 2.56 bits per heavy atom. The first kappa shape index (κ1) is 27.5. The van der Waals surface area contributed by atoms with Crippen molar-refractivity contribution in [3.8, 4) is 11.3 Å². The van der Waals surface area contributed by atoms with Crippen molar-refractivity contribution in [2.24, 2.45) is 5.92 Å². The molecule has 43 heavy (non-hydrogen) atoms. The smallest absolute Gasteiger partial charge is 0.273 e. The van der Waals surface area contributed by atoms with Crippen molar-refractivity contribution < 1.29 is 27.2 Å². The SMILES string of the molecule is C[C@@H]1c2ccccc2C(F)CN1C(=O)c1cc(C2CC2)n2nc(-c3ccc([C@H]4C[C@@H]4C(=O)NCC(F)F)cc3F)cc2n1. The van der Waals surface area contributed by atoms with Gasteiger partial charge < -0.3 is 10.2 Å². The van der Waals surface area contributed by atoms with Crippen molar-refractivity contribution in [3.63, 3.8) is 0 Å². The highest BCUT2D eigenvalue weighted by molar-refractivity contribution is 5.93. The van der Waals surface area contributed by atoms with Gasteiger partial charge in [-0.2, -0.15) is 5.10 Å². The summed E-state index contributed by atoms with van der Waals surface area (Å²) >= 11 is 0. The van der Waals surface area contributed by atoms with Crippen molar-refractivity contribution in [1.82, 2.24) is 24.8 Å². The van der Waals surface area contributed by atoms with Gasteiger partial charge in [0.1, 0.15) is 17.7 Å². The highest BCUT2D eigenvalue weighted by atomic mass is 19.3. The molecule has 1 unspecified atom stereocenters. The third-order valence-electron chi connectivity index (χ3n) is 8.79. The number of rotatable bonds is 7. The molecule has 2 aliphatic carbocycles. The van der Waals surface area contributed by atoms with Crippen LogP contribution in [0.3, 0.4) is 0 Å². The molecule has 2 aromatic carbocycles. The molecule has 222 valence electrons. The molecule has 0 spiro atoms. The summed E-state index contributed by atoms with van der Waals surface area (Å²) < 4.78 is 57.0. The summed E-state index contributed by atoms with van der Waals surface area (Å²) in [6.45, 7) is 1.11. The molecule has 2 saturated carbocycles. The van der Waals surface area contributed by atoms with Gasteiger partial charge in [-0.15, -0.1) is 0 Å². The van der Waals surface area contributed by atoms with E-state index in [1.165, 1.54) is 11.0 Å². The van der Waals surface area contributed by atoms with Crippen molar-refractivity contribution in [3.05, 3.63) is 88.5 Å². The Bertz CT molecular complexity index is 1750. The summed E-state index contributed by atoms with van der Waals surface area (Å²) in [7, 11) is 0. The molecule has 11 heteroatoms. The van der Waals surface area contributed by atoms with E-state index >= 15 is 8.78 Å². The number of carbonyl (C=O) groups excluding carboxylic acids is 2. The molecule has 3 aliphatic rings. The second-order valence-corrected chi connectivity index (χ2v) is 11.7. The van der Waals surface area contributed by atoms with E-state index in [1.54, 1.807) is 40.9 Å². The summed E-state index contributed by atoms with van der Waals surface area (Å²) in [5.41, 5.74) is 3.96. The van der Waals surface area contributed by atoms with Gasteiger partial charge in [0, 0.05) is 29.2 Å². The fourth-order valence-electron chi connectivity index (χ4n) is 6.22. The van der Waals surface area contributed by atoms with Gasteiger partial charge in [0.2, 0.25) is 5.91 Å². The standard InChI is InChI=1S/C32H29F4N5O2/c1-16-19-4-2-3-5-20(19)25(34)15-40(16)32(43)27-12-28(17-6-7-17)41-30(38-27)13-26(39-41)21-9-8-18(10-24(21)33)22-11-23(22)31(42)37-14-29(35)36/h2-5,8-10,12-13,16-17,22-23,25,29H,6-7,11,14-15H2,1H3,(H,37,42)/t16-,22-,23+,25?/m1/s1. The molecule has 0 radical (unpaired) electrons. The molecule has 1 aliphatic heterocycles. The quantitative estimate of drug-likeness (QED) is 0.263. The van der Waals surface area contributed by atoms with E-state index in [1.807, 2.05) is 19.1 Å². The lowest BCUT2D eigenvalue weighted by Crippen LogP contribution is -2.40. The summed E-state index contributed by atoms with van der Waals surface area (Å²) in [6, 6.07) is 14.9. The molecular weight excluding hydrogens is 562 g/mol. The number of alkyl halides is 3. The van der Waals surface area contributed by atoms with Crippen molar-refractivity contribution in [2.75, 3.05) is 13.1 Å². The lowest BCUT2D eigenvalue weighted by atomic mass is 9.92. The molecule has 0 bridgehead atoms. The molecule has 3 heterocycles. The van der Waals surface area contributed by atoms with Gasteiger partial charge in [-0.3, -0.25) is 9.59 Å². The van der Waals surface area contributed by atoms with Gasteiger partial charge in [0.15, 0.2) is 5.65 Å². The van der Waals surface area contributed by atoms with E-state index < -0.39 is 36.8 Å². The average molecular weight is 592 g/mol.